The average molecular weight is 349 g/mol. The highest BCUT2D eigenvalue weighted by molar-refractivity contribution is 5.85. The van der Waals surface area contributed by atoms with Gasteiger partial charge in [0.25, 0.3) is 0 Å². The molecule has 2 atom stereocenters. The fraction of sp³-hybridized carbons (Fsp3) is 0.316. The van der Waals surface area contributed by atoms with E-state index in [0.29, 0.717) is 6.54 Å². The zero-order chi connectivity index (χ0) is 16.8. The third-order valence-corrected chi connectivity index (χ3v) is 3.70. The number of carbonyl (C=O) groups is 1. The lowest BCUT2D eigenvalue weighted by Gasteiger charge is -2.18. The predicted molar refractivity (Wildman–Crippen MR) is 99.6 cm³/mol. The van der Waals surface area contributed by atoms with E-state index in [4.69, 9.17) is 10.5 Å². The van der Waals surface area contributed by atoms with E-state index in [1.807, 2.05) is 69.3 Å². The van der Waals surface area contributed by atoms with E-state index >= 15 is 0 Å². The van der Waals surface area contributed by atoms with Crippen molar-refractivity contribution in [2.45, 2.75) is 32.9 Å². The highest BCUT2D eigenvalue weighted by atomic mass is 35.5. The van der Waals surface area contributed by atoms with Crippen molar-refractivity contribution < 1.29 is 9.53 Å². The van der Waals surface area contributed by atoms with Gasteiger partial charge in [0.2, 0.25) is 5.91 Å². The number of rotatable bonds is 6. The van der Waals surface area contributed by atoms with Gasteiger partial charge in [-0.05, 0) is 38.0 Å². The lowest BCUT2D eigenvalue weighted by molar-refractivity contribution is -0.122. The number of halogens is 1. The smallest absolute Gasteiger partial charge is 0.241 e. The third-order valence-electron chi connectivity index (χ3n) is 3.70. The number of aryl methyl sites for hydroxylation is 2. The highest BCUT2D eigenvalue weighted by Crippen LogP contribution is 2.17. The van der Waals surface area contributed by atoms with Gasteiger partial charge in [-0.1, -0.05) is 48.0 Å². The summed E-state index contributed by atoms with van der Waals surface area (Å²) in [5.41, 5.74) is 9.02. The number of nitrogens with two attached hydrogens (primary N) is 1. The van der Waals surface area contributed by atoms with Gasteiger partial charge >= 0.3 is 0 Å². The van der Waals surface area contributed by atoms with Gasteiger partial charge in [-0.3, -0.25) is 4.79 Å². The quantitative estimate of drug-likeness (QED) is 0.841. The summed E-state index contributed by atoms with van der Waals surface area (Å²) >= 11 is 0. The monoisotopic (exact) mass is 348 g/mol. The van der Waals surface area contributed by atoms with Crippen molar-refractivity contribution in [1.29, 1.82) is 0 Å². The first-order chi connectivity index (χ1) is 11.0. The molecule has 1 amide bonds. The molecule has 4 nitrogen and oxygen atoms in total. The Morgan fingerprint density at radius 1 is 1.12 bits per heavy atom. The van der Waals surface area contributed by atoms with Gasteiger partial charge in [0.1, 0.15) is 17.9 Å². The van der Waals surface area contributed by atoms with Gasteiger partial charge in [-0.25, -0.2) is 0 Å². The first-order valence-corrected chi connectivity index (χ1v) is 7.79. The van der Waals surface area contributed by atoms with Crippen LogP contribution in [0.4, 0.5) is 0 Å². The predicted octanol–water partition coefficient (Wildman–Crippen LogP) is 3.31. The van der Waals surface area contributed by atoms with Crippen LogP contribution in [-0.4, -0.2) is 18.6 Å². The van der Waals surface area contributed by atoms with E-state index in [1.54, 1.807) is 0 Å². The van der Waals surface area contributed by atoms with E-state index in [1.165, 1.54) is 0 Å². The maximum atomic E-state index is 12.2. The fourth-order valence-electron chi connectivity index (χ4n) is 2.23. The molecule has 0 aliphatic carbocycles. The van der Waals surface area contributed by atoms with Crippen molar-refractivity contribution in [3.8, 4) is 5.75 Å². The van der Waals surface area contributed by atoms with Gasteiger partial charge in [-0.15, -0.1) is 12.4 Å². The first-order valence-electron chi connectivity index (χ1n) is 7.79. The fourth-order valence-corrected chi connectivity index (χ4v) is 2.23. The molecular formula is C19H25ClN2O2. The van der Waals surface area contributed by atoms with Crippen LogP contribution in [0.5, 0.6) is 5.75 Å². The summed E-state index contributed by atoms with van der Waals surface area (Å²) in [6.07, 6.45) is -0.134. The molecule has 0 radical (unpaired) electrons. The summed E-state index contributed by atoms with van der Waals surface area (Å²) in [5, 5.41) is 2.85. The number of para-hydroxylation sites is 1. The summed E-state index contributed by atoms with van der Waals surface area (Å²) in [6, 6.07) is 14.8. The molecule has 3 N–H and O–H groups in total. The molecule has 0 saturated carbocycles. The van der Waals surface area contributed by atoms with Crippen LogP contribution in [0.15, 0.2) is 48.5 Å². The SMILES string of the molecule is Cc1ccc(C(N)C(=O)NCC(C)Oc2ccccc2C)cc1.Cl. The molecule has 2 aromatic carbocycles. The number of ether oxygens (including phenoxy) is 1. The Morgan fingerprint density at radius 3 is 2.38 bits per heavy atom. The molecule has 5 heteroatoms. The second-order valence-corrected chi connectivity index (χ2v) is 5.83. The number of nitrogens with one attached hydrogen (secondary N) is 1. The number of amides is 1. The maximum Gasteiger partial charge on any atom is 0.241 e. The zero-order valence-electron chi connectivity index (χ0n) is 14.3. The largest absolute Gasteiger partial charge is 0.489 e. The van der Waals surface area contributed by atoms with Crippen molar-refractivity contribution in [3.63, 3.8) is 0 Å². The highest BCUT2D eigenvalue weighted by Gasteiger charge is 2.16. The molecule has 2 aromatic rings. The van der Waals surface area contributed by atoms with Gasteiger partial charge in [0.15, 0.2) is 0 Å². The Balaban J connectivity index is 0.00000288. The second-order valence-electron chi connectivity index (χ2n) is 5.83. The van der Waals surface area contributed by atoms with Gasteiger partial charge in [0, 0.05) is 0 Å². The topological polar surface area (TPSA) is 64.4 Å². The zero-order valence-corrected chi connectivity index (χ0v) is 15.1. The summed E-state index contributed by atoms with van der Waals surface area (Å²) in [6.45, 7) is 6.32. The summed E-state index contributed by atoms with van der Waals surface area (Å²) in [5.74, 6) is 0.631. The molecule has 0 bridgehead atoms. The molecule has 0 spiro atoms. The normalized spacial score (nSPS) is 12.7. The standard InChI is InChI=1S/C19H24N2O2.ClH/c1-13-8-10-16(11-9-13)18(20)19(22)21-12-15(3)23-17-7-5-4-6-14(17)2;/h4-11,15,18H,12,20H2,1-3H3,(H,21,22);1H. The average Bonchev–Trinajstić information content (AvgIpc) is 2.55. The summed E-state index contributed by atoms with van der Waals surface area (Å²) in [7, 11) is 0. The van der Waals surface area contributed by atoms with Gasteiger partial charge in [0.05, 0.1) is 6.54 Å². The van der Waals surface area contributed by atoms with E-state index < -0.39 is 6.04 Å². The van der Waals surface area contributed by atoms with E-state index in [9.17, 15) is 4.79 Å². The first kappa shape index (κ1) is 20.0. The maximum absolute atomic E-state index is 12.2. The lowest BCUT2D eigenvalue weighted by Crippen LogP contribution is -2.39. The van der Waals surface area contributed by atoms with Gasteiger partial charge < -0.3 is 15.8 Å². The van der Waals surface area contributed by atoms with Gasteiger partial charge in [-0.2, -0.15) is 0 Å². The second kappa shape index (κ2) is 9.30. The number of hydrogen-bond donors (Lipinski definition) is 2. The minimum absolute atomic E-state index is 0. The molecule has 0 aliphatic heterocycles. The van der Waals surface area contributed by atoms with Crippen molar-refractivity contribution in [2.24, 2.45) is 5.73 Å². The van der Waals surface area contributed by atoms with Crippen LogP contribution in [0.1, 0.15) is 29.7 Å². The van der Waals surface area contributed by atoms with Crippen LogP contribution in [0.3, 0.4) is 0 Å². The number of carbonyl (C=O) groups excluding carboxylic acids is 1. The van der Waals surface area contributed by atoms with Crippen molar-refractivity contribution >= 4 is 18.3 Å². The molecule has 2 rings (SSSR count). The lowest BCUT2D eigenvalue weighted by atomic mass is 10.1. The van der Waals surface area contributed by atoms with Crippen LogP contribution in [-0.2, 0) is 4.79 Å². The van der Waals surface area contributed by atoms with E-state index in [2.05, 4.69) is 5.32 Å². The molecule has 0 fully saturated rings. The number of hydrogen-bond acceptors (Lipinski definition) is 3. The Morgan fingerprint density at radius 2 is 1.75 bits per heavy atom. The van der Waals surface area contributed by atoms with Crippen LogP contribution in [0, 0.1) is 13.8 Å². The summed E-state index contributed by atoms with van der Waals surface area (Å²) in [4.78, 5) is 12.2. The van der Waals surface area contributed by atoms with Crippen molar-refractivity contribution in [3.05, 3.63) is 65.2 Å². The Labute approximate surface area is 149 Å². The van der Waals surface area contributed by atoms with Crippen molar-refractivity contribution in [2.75, 3.05) is 6.54 Å². The minimum Gasteiger partial charge on any atom is -0.489 e. The molecule has 0 heterocycles. The van der Waals surface area contributed by atoms with Crippen LogP contribution in [0.2, 0.25) is 0 Å². The molecular weight excluding hydrogens is 324 g/mol. The minimum atomic E-state index is -0.665. The molecule has 0 aliphatic rings. The molecule has 130 valence electrons. The Hall–Kier alpha value is -2.04. The summed E-state index contributed by atoms with van der Waals surface area (Å²) < 4.78 is 5.84. The Kier molecular flexibility index (Phi) is 7.75. The van der Waals surface area contributed by atoms with E-state index in [0.717, 1.165) is 22.4 Å². The Bertz CT molecular complexity index is 659. The molecule has 0 aromatic heterocycles. The van der Waals surface area contributed by atoms with Crippen LogP contribution in [0.25, 0.3) is 0 Å². The van der Waals surface area contributed by atoms with E-state index in [-0.39, 0.29) is 24.4 Å². The number of benzene rings is 2. The molecule has 0 saturated heterocycles. The van der Waals surface area contributed by atoms with Crippen molar-refractivity contribution in [1.82, 2.24) is 5.32 Å². The molecule has 2 unspecified atom stereocenters. The third kappa shape index (κ3) is 5.55. The van der Waals surface area contributed by atoms with Crippen LogP contribution < -0.4 is 15.8 Å². The van der Waals surface area contributed by atoms with Crippen LogP contribution >= 0.6 is 12.4 Å². The molecule has 24 heavy (non-hydrogen) atoms.